The van der Waals surface area contributed by atoms with E-state index in [9.17, 15) is 8.42 Å². The third-order valence-corrected chi connectivity index (χ3v) is 4.58. The monoisotopic (exact) mass is 305 g/mol. The van der Waals surface area contributed by atoms with Crippen LogP contribution in [-0.2, 0) is 15.6 Å². The lowest BCUT2D eigenvalue weighted by molar-refractivity contribution is 0.340. The van der Waals surface area contributed by atoms with Gasteiger partial charge in [0.1, 0.15) is 12.4 Å². The number of aryl methyl sites for hydroxylation is 1. The third kappa shape index (κ3) is 5.11. The largest absolute Gasteiger partial charge is 0.493 e. The van der Waals surface area contributed by atoms with Crippen LogP contribution in [0.3, 0.4) is 0 Å². The van der Waals surface area contributed by atoms with Gasteiger partial charge in [0.25, 0.3) is 0 Å². The second-order valence-electron chi connectivity index (χ2n) is 5.00. The van der Waals surface area contributed by atoms with Gasteiger partial charge in [0.2, 0.25) is 0 Å². The summed E-state index contributed by atoms with van der Waals surface area (Å²) in [6.45, 7) is 2.12. The highest BCUT2D eigenvalue weighted by atomic mass is 32.2. The molecular formula is C16H19NO3S. The Hall–Kier alpha value is -2.01. The highest BCUT2D eigenvalue weighted by Crippen LogP contribution is 2.13. The zero-order valence-corrected chi connectivity index (χ0v) is 12.8. The fourth-order valence-corrected chi connectivity index (χ4v) is 3.11. The lowest BCUT2D eigenvalue weighted by Gasteiger charge is -2.08. The van der Waals surface area contributed by atoms with Crippen LogP contribution < -0.4 is 10.5 Å². The van der Waals surface area contributed by atoms with Crippen LogP contribution in [0.2, 0.25) is 0 Å². The average molecular weight is 305 g/mol. The van der Waals surface area contributed by atoms with Crippen molar-refractivity contribution < 1.29 is 13.2 Å². The quantitative estimate of drug-likeness (QED) is 0.833. The minimum Gasteiger partial charge on any atom is -0.493 e. The zero-order chi connectivity index (χ0) is 15.3. The van der Waals surface area contributed by atoms with Gasteiger partial charge in [-0.3, -0.25) is 0 Å². The highest BCUT2D eigenvalue weighted by Gasteiger charge is 2.12. The molecule has 2 N–H and O–H groups in total. The van der Waals surface area contributed by atoms with Crippen molar-refractivity contribution in [1.29, 1.82) is 0 Å². The van der Waals surface area contributed by atoms with Crippen molar-refractivity contribution in [2.75, 3.05) is 18.1 Å². The van der Waals surface area contributed by atoms with E-state index in [1.165, 1.54) is 0 Å². The summed E-state index contributed by atoms with van der Waals surface area (Å²) >= 11 is 0. The average Bonchev–Trinajstić information content (AvgIpc) is 2.41. The van der Waals surface area contributed by atoms with Crippen molar-refractivity contribution >= 4 is 15.5 Å². The van der Waals surface area contributed by atoms with Gasteiger partial charge < -0.3 is 10.5 Å². The van der Waals surface area contributed by atoms with Crippen molar-refractivity contribution in [2.45, 2.75) is 12.7 Å². The number of nitrogens with two attached hydrogens (primary N) is 1. The standard InChI is InChI=1S/C16H19NO3S/c1-13-3-2-4-16(11-13)20-9-10-21(18,19)12-14-5-7-15(17)8-6-14/h2-8,11H,9-10,12,17H2,1H3. The summed E-state index contributed by atoms with van der Waals surface area (Å²) in [6, 6.07) is 14.4. The Morgan fingerprint density at radius 1 is 1.10 bits per heavy atom. The zero-order valence-electron chi connectivity index (χ0n) is 12.0. The molecule has 0 aromatic heterocycles. The molecular weight excluding hydrogens is 286 g/mol. The number of rotatable bonds is 6. The molecule has 0 amide bonds. The van der Waals surface area contributed by atoms with Gasteiger partial charge in [0, 0.05) is 5.69 Å². The first-order chi connectivity index (χ1) is 9.94. The van der Waals surface area contributed by atoms with Gasteiger partial charge in [-0.25, -0.2) is 8.42 Å². The highest BCUT2D eigenvalue weighted by molar-refractivity contribution is 7.90. The Balaban J connectivity index is 1.88. The molecule has 0 unspecified atom stereocenters. The Kier molecular flexibility index (Phi) is 4.85. The van der Waals surface area contributed by atoms with Crippen molar-refractivity contribution in [3.05, 3.63) is 59.7 Å². The lowest BCUT2D eigenvalue weighted by atomic mass is 10.2. The molecule has 0 aliphatic rings. The van der Waals surface area contributed by atoms with Gasteiger partial charge in [-0.1, -0.05) is 24.3 Å². The molecule has 0 atom stereocenters. The Morgan fingerprint density at radius 3 is 2.48 bits per heavy atom. The Morgan fingerprint density at radius 2 is 1.81 bits per heavy atom. The van der Waals surface area contributed by atoms with Gasteiger partial charge in [0.05, 0.1) is 11.5 Å². The molecule has 21 heavy (non-hydrogen) atoms. The van der Waals surface area contributed by atoms with Crippen LogP contribution in [0, 0.1) is 6.92 Å². The Bertz CT molecular complexity index is 694. The second kappa shape index (κ2) is 6.63. The molecule has 5 heteroatoms. The molecule has 2 rings (SSSR count). The fraction of sp³-hybridized carbons (Fsp3) is 0.250. The van der Waals surface area contributed by atoms with E-state index < -0.39 is 9.84 Å². The summed E-state index contributed by atoms with van der Waals surface area (Å²) in [5.41, 5.74) is 8.02. The van der Waals surface area contributed by atoms with Gasteiger partial charge in [-0.15, -0.1) is 0 Å². The van der Waals surface area contributed by atoms with Gasteiger partial charge in [0.15, 0.2) is 9.84 Å². The molecule has 2 aromatic carbocycles. The van der Waals surface area contributed by atoms with Crippen LogP contribution in [-0.4, -0.2) is 20.8 Å². The van der Waals surface area contributed by atoms with Crippen LogP contribution in [0.15, 0.2) is 48.5 Å². The molecule has 0 radical (unpaired) electrons. The summed E-state index contributed by atoms with van der Waals surface area (Å²) < 4.78 is 29.5. The maximum absolute atomic E-state index is 12.0. The summed E-state index contributed by atoms with van der Waals surface area (Å²) in [6.07, 6.45) is 0. The number of ether oxygens (including phenoxy) is 1. The first-order valence-corrected chi connectivity index (χ1v) is 8.51. The number of hydrogen-bond donors (Lipinski definition) is 1. The van der Waals surface area contributed by atoms with Crippen molar-refractivity contribution in [3.63, 3.8) is 0 Å². The number of hydrogen-bond acceptors (Lipinski definition) is 4. The maximum Gasteiger partial charge on any atom is 0.157 e. The fourth-order valence-electron chi connectivity index (χ4n) is 1.93. The molecule has 2 aromatic rings. The number of nitrogen functional groups attached to an aromatic ring is 1. The minimum absolute atomic E-state index is 0.00442. The molecule has 0 fully saturated rings. The molecule has 0 saturated heterocycles. The van der Waals surface area contributed by atoms with Crippen molar-refractivity contribution in [3.8, 4) is 5.75 Å². The number of benzene rings is 2. The van der Waals surface area contributed by atoms with Crippen molar-refractivity contribution in [1.82, 2.24) is 0 Å². The first kappa shape index (κ1) is 15.4. The predicted molar refractivity (Wildman–Crippen MR) is 85.0 cm³/mol. The van der Waals surface area contributed by atoms with Crippen LogP contribution in [0.4, 0.5) is 5.69 Å². The summed E-state index contributed by atoms with van der Waals surface area (Å²) in [7, 11) is -3.19. The molecule has 0 aliphatic carbocycles. The van der Waals surface area contributed by atoms with E-state index in [2.05, 4.69) is 0 Å². The molecule has 0 heterocycles. The van der Waals surface area contributed by atoms with E-state index >= 15 is 0 Å². The third-order valence-electron chi connectivity index (χ3n) is 3.02. The SMILES string of the molecule is Cc1cccc(OCCS(=O)(=O)Cc2ccc(N)cc2)c1. The van der Waals surface area contributed by atoms with Crippen molar-refractivity contribution in [2.24, 2.45) is 0 Å². The van der Waals surface area contributed by atoms with Gasteiger partial charge >= 0.3 is 0 Å². The first-order valence-electron chi connectivity index (χ1n) is 6.69. The molecule has 0 saturated carbocycles. The normalized spacial score (nSPS) is 11.3. The van der Waals surface area contributed by atoms with Crippen LogP contribution in [0.1, 0.15) is 11.1 Å². The molecule has 4 nitrogen and oxygen atoms in total. The lowest BCUT2D eigenvalue weighted by Crippen LogP contribution is -2.16. The van der Waals surface area contributed by atoms with Crippen LogP contribution >= 0.6 is 0 Å². The minimum atomic E-state index is -3.19. The number of sulfone groups is 1. The van der Waals surface area contributed by atoms with E-state index in [1.54, 1.807) is 24.3 Å². The van der Waals surface area contributed by atoms with Crippen LogP contribution in [0.25, 0.3) is 0 Å². The van der Waals surface area contributed by atoms with E-state index in [-0.39, 0.29) is 18.1 Å². The summed E-state index contributed by atoms with van der Waals surface area (Å²) in [5, 5.41) is 0. The molecule has 112 valence electrons. The molecule has 0 aliphatic heterocycles. The topological polar surface area (TPSA) is 69.4 Å². The summed E-state index contributed by atoms with van der Waals surface area (Å²) in [5.74, 6) is 0.688. The second-order valence-corrected chi connectivity index (χ2v) is 7.18. The van der Waals surface area contributed by atoms with Gasteiger partial charge in [-0.2, -0.15) is 0 Å². The van der Waals surface area contributed by atoms with E-state index in [1.807, 2.05) is 31.2 Å². The Labute approximate surface area is 125 Å². The van der Waals surface area contributed by atoms with Crippen LogP contribution in [0.5, 0.6) is 5.75 Å². The molecule has 0 bridgehead atoms. The van der Waals surface area contributed by atoms with E-state index in [4.69, 9.17) is 10.5 Å². The predicted octanol–water partition coefficient (Wildman–Crippen LogP) is 2.57. The maximum atomic E-state index is 12.0. The van der Waals surface area contributed by atoms with E-state index in [0.29, 0.717) is 11.4 Å². The van der Waals surface area contributed by atoms with E-state index in [0.717, 1.165) is 11.1 Å². The smallest absolute Gasteiger partial charge is 0.157 e. The number of anilines is 1. The molecule has 0 spiro atoms. The summed E-state index contributed by atoms with van der Waals surface area (Å²) in [4.78, 5) is 0. The van der Waals surface area contributed by atoms with Gasteiger partial charge in [-0.05, 0) is 42.3 Å².